The molecule has 0 aliphatic carbocycles. The number of fused-ring (bicyclic) bond motifs is 1. The lowest BCUT2D eigenvalue weighted by atomic mass is 10.0. The quantitative estimate of drug-likeness (QED) is 0.504. The standard InChI is InChI=1S/C24H19NO4/c1-29-23-15-14-22(20-4-2-3-5-21(20)23)24(28)25(16-6-10-18(26)11-7-16)17-8-12-19(27)13-9-17/h2-15,26-27H,1H3. The molecule has 5 nitrogen and oxygen atoms in total. The van der Waals surface area contributed by atoms with Crippen LogP contribution in [0.5, 0.6) is 17.2 Å². The highest BCUT2D eigenvalue weighted by atomic mass is 16.5. The Bertz CT molecular complexity index is 1120. The minimum Gasteiger partial charge on any atom is -0.508 e. The van der Waals surface area contributed by atoms with Crippen LogP contribution >= 0.6 is 0 Å². The largest absolute Gasteiger partial charge is 0.508 e. The molecule has 0 bridgehead atoms. The Morgan fingerprint density at radius 2 is 1.24 bits per heavy atom. The van der Waals surface area contributed by atoms with Gasteiger partial charge in [-0.3, -0.25) is 9.69 Å². The zero-order valence-electron chi connectivity index (χ0n) is 15.7. The highest BCUT2D eigenvalue weighted by Crippen LogP contribution is 2.34. The van der Waals surface area contributed by atoms with Gasteiger partial charge in [0.25, 0.3) is 5.91 Å². The second-order valence-corrected chi connectivity index (χ2v) is 6.53. The predicted molar refractivity (Wildman–Crippen MR) is 113 cm³/mol. The van der Waals surface area contributed by atoms with Gasteiger partial charge in [0.2, 0.25) is 0 Å². The maximum Gasteiger partial charge on any atom is 0.263 e. The van der Waals surface area contributed by atoms with E-state index in [-0.39, 0.29) is 17.4 Å². The normalized spacial score (nSPS) is 10.7. The lowest BCUT2D eigenvalue weighted by molar-refractivity contribution is 0.100. The molecule has 0 unspecified atom stereocenters. The monoisotopic (exact) mass is 385 g/mol. The highest BCUT2D eigenvalue weighted by Gasteiger charge is 2.22. The lowest BCUT2D eigenvalue weighted by Gasteiger charge is -2.24. The number of carbonyl (C=O) groups excluding carboxylic acids is 1. The number of nitrogens with zero attached hydrogens (tertiary/aromatic N) is 1. The summed E-state index contributed by atoms with van der Waals surface area (Å²) in [6, 6.07) is 23.9. The summed E-state index contributed by atoms with van der Waals surface area (Å²) in [5, 5.41) is 20.9. The summed E-state index contributed by atoms with van der Waals surface area (Å²) < 4.78 is 5.44. The molecule has 0 aromatic heterocycles. The van der Waals surface area contributed by atoms with Gasteiger partial charge in [-0.15, -0.1) is 0 Å². The summed E-state index contributed by atoms with van der Waals surface area (Å²) in [5.74, 6) is 0.682. The topological polar surface area (TPSA) is 70.0 Å². The molecule has 29 heavy (non-hydrogen) atoms. The van der Waals surface area contributed by atoms with Crippen molar-refractivity contribution in [2.24, 2.45) is 0 Å². The summed E-state index contributed by atoms with van der Waals surface area (Å²) in [6.45, 7) is 0. The smallest absolute Gasteiger partial charge is 0.263 e. The Morgan fingerprint density at radius 1 is 0.724 bits per heavy atom. The van der Waals surface area contributed by atoms with E-state index in [0.717, 1.165) is 10.8 Å². The summed E-state index contributed by atoms with van der Waals surface area (Å²) in [7, 11) is 1.60. The van der Waals surface area contributed by atoms with Gasteiger partial charge in [0.1, 0.15) is 17.2 Å². The molecule has 4 rings (SSSR count). The van der Waals surface area contributed by atoms with E-state index in [1.54, 1.807) is 48.4 Å². The third kappa shape index (κ3) is 3.46. The van der Waals surface area contributed by atoms with Gasteiger partial charge in [0.15, 0.2) is 0 Å². The van der Waals surface area contributed by atoms with E-state index in [1.807, 2.05) is 24.3 Å². The zero-order valence-corrected chi connectivity index (χ0v) is 15.7. The Hall–Kier alpha value is -3.99. The van der Waals surface area contributed by atoms with Crippen molar-refractivity contribution in [2.45, 2.75) is 0 Å². The summed E-state index contributed by atoms with van der Waals surface area (Å²) >= 11 is 0. The molecule has 144 valence electrons. The van der Waals surface area contributed by atoms with Crippen molar-refractivity contribution in [3.63, 3.8) is 0 Å². The van der Waals surface area contributed by atoms with Gasteiger partial charge < -0.3 is 14.9 Å². The number of phenolic OH excluding ortho intramolecular Hbond substituents is 2. The Morgan fingerprint density at radius 3 is 1.76 bits per heavy atom. The number of anilines is 2. The number of benzene rings is 4. The molecule has 1 amide bonds. The second-order valence-electron chi connectivity index (χ2n) is 6.53. The van der Waals surface area contributed by atoms with Gasteiger partial charge in [-0.25, -0.2) is 0 Å². The van der Waals surface area contributed by atoms with E-state index in [4.69, 9.17) is 4.74 Å². The van der Waals surface area contributed by atoms with Crippen LogP contribution in [0.4, 0.5) is 11.4 Å². The van der Waals surface area contributed by atoms with E-state index < -0.39 is 0 Å². The van der Waals surface area contributed by atoms with Crippen molar-refractivity contribution in [3.8, 4) is 17.2 Å². The molecule has 2 N–H and O–H groups in total. The van der Waals surface area contributed by atoms with Crippen molar-refractivity contribution >= 4 is 28.1 Å². The molecule has 4 aromatic rings. The second kappa shape index (κ2) is 7.56. The first-order valence-corrected chi connectivity index (χ1v) is 9.07. The van der Waals surface area contributed by atoms with Crippen molar-refractivity contribution in [1.82, 2.24) is 0 Å². The molecular formula is C24H19NO4. The fourth-order valence-electron chi connectivity index (χ4n) is 3.34. The number of ether oxygens (including phenoxy) is 1. The molecule has 0 heterocycles. The number of methoxy groups -OCH3 is 1. The average Bonchev–Trinajstić information content (AvgIpc) is 2.75. The SMILES string of the molecule is COc1ccc(C(=O)N(c2ccc(O)cc2)c2ccc(O)cc2)c2ccccc12. The molecule has 0 atom stereocenters. The number of hydrogen-bond acceptors (Lipinski definition) is 4. The summed E-state index contributed by atoms with van der Waals surface area (Å²) in [6.07, 6.45) is 0. The van der Waals surface area contributed by atoms with Crippen LogP contribution in [0.1, 0.15) is 10.4 Å². The maximum absolute atomic E-state index is 13.7. The van der Waals surface area contributed by atoms with Gasteiger partial charge in [0.05, 0.1) is 7.11 Å². The van der Waals surface area contributed by atoms with E-state index in [9.17, 15) is 15.0 Å². The van der Waals surface area contributed by atoms with E-state index in [0.29, 0.717) is 22.7 Å². The average molecular weight is 385 g/mol. The van der Waals surface area contributed by atoms with E-state index >= 15 is 0 Å². The van der Waals surface area contributed by atoms with E-state index in [2.05, 4.69) is 0 Å². The van der Waals surface area contributed by atoms with Gasteiger partial charge >= 0.3 is 0 Å². The van der Waals surface area contributed by atoms with Gasteiger partial charge in [-0.2, -0.15) is 0 Å². The molecule has 4 aromatic carbocycles. The molecule has 0 spiro atoms. The molecule has 5 heteroatoms. The van der Waals surface area contributed by atoms with Gasteiger partial charge in [-0.05, 0) is 66.0 Å². The van der Waals surface area contributed by atoms with Crippen molar-refractivity contribution in [1.29, 1.82) is 0 Å². The van der Waals surface area contributed by atoms with Crippen LogP contribution in [0.15, 0.2) is 84.9 Å². The van der Waals surface area contributed by atoms with Crippen LogP contribution in [0.2, 0.25) is 0 Å². The number of hydrogen-bond donors (Lipinski definition) is 2. The zero-order chi connectivity index (χ0) is 20.4. The number of amides is 1. The molecule has 0 aliphatic rings. The Kier molecular flexibility index (Phi) is 4.79. The van der Waals surface area contributed by atoms with Crippen molar-refractivity contribution < 1.29 is 19.7 Å². The number of rotatable bonds is 4. The van der Waals surface area contributed by atoms with Crippen LogP contribution in [-0.4, -0.2) is 23.2 Å². The fourth-order valence-corrected chi connectivity index (χ4v) is 3.34. The van der Waals surface area contributed by atoms with Crippen LogP contribution in [0.25, 0.3) is 10.8 Å². The third-order valence-corrected chi connectivity index (χ3v) is 4.75. The molecule has 0 saturated heterocycles. The molecule has 0 aliphatic heterocycles. The van der Waals surface area contributed by atoms with Crippen molar-refractivity contribution in [3.05, 3.63) is 90.5 Å². The summed E-state index contributed by atoms with van der Waals surface area (Å²) in [4.78, 5) is 15.2. The Balaban J connectivity index is 1.89. The number of phenols is 2. The number of carbonyl (C=O) groups is 1. The lowest BCUT2D eigenvalue weighted by Crippen LogP contribution is -2.26. The molecule has 0 radical (unpaired) electrons. The molecule has 0 fully saturated rings. The first kappa shape index (κ1) is 18.4. The predicted octanol–water partition coefficient (Wildman–Crippen LogP) is 5.24. The number of aromatic hydroxyl groups is 2. The van der Waals surface area contributed by atoms with Crippen LogP contribution in [-0.2, 0) is 0 Å². The van der Waals surface area contributed by atoms with E-state index in [1.165, 1.54) is 24.3 Å². The van der Waals surface area contributed by atoms with Crippen LogP contribution < -0.4 is 9.64 Å². The first-order chi connectivity index (χ1) is 14.1. The molecule has 0 saturated carbocycles. The maximum atomic E-state index is 13.7. The van der Waals surface area contributed by atoms with Crippen LogP contribution in [0, 0.1) is 0 Å². The highest BCUT2D eigenvalue weighted by molar-refractivity contribution is 6.18. The molecular weight excluding hydrogens is 366 g/mol. The minimum atomic E-state index is -0.236. The van der Waals surface area contributed by atoms with Gasteiger partial charge in [-0.1, -0.05) is 24.3 Å². The van der Waals surface area contributed by atoms with Crippen LogP contribution in [0.3, 0.4) is 0 Å². The Labute approximate surface area is 168 Å². The third-order valence-electron chi connectivity index (χ3n) is 4.75. The first-order valence-electron chi connectivity index (χ1n) is 9.07. The van der Waals surface area contributed by atoms with Crippen molar-refractivity contribution in [2.75, 3.05) is 12.0 Å². The fraction of sp³-hybridized carbons (Fsp3) is 0.0417. The van der Waals surface area contributed by atoms with Gasteiger partial charge in [0, 0.05) is 22.3 Å². The minimum absolute atomic E-state index is 0.113. The summed E-state index contributed by atoms with van der Waals surface area (Å²) in [5.41, 5.74) is 1.71.